The van der Waals surface area contributed by atoms with Crippen LogP contribution < -0.4 is 25.0 Å². The van der Waals surface area contributed by atoms with Gasteiger partial charge in [0.25, 0.3) is 0 Å². The number of hydrogen-bond acceptors (Lipinski definition) is 5. The highest BCUT2D eigenvalue weighted by Gasteiger charge is 2.21. The van der Waals surface area contributed by atoms with Gasteiger partial charge in [-0.15, -0.1) is 35.3 Å². The molecule has 1 aromatic heterocycles. The van der Waals surface area contributed by atoms with Crippen LogP contribution in [0.2, 0.25) is 0 Å². The Morgan fingerprint density at radius 1 is 1.17 bits per heavy atom. The van der Waals surface area contributed by atoms with Gasteiger partial charge in [0.15, 0.2) is 5.96 Å². The third-order valence-corrected chi connectivity index (χ3v) is 5.72. The maximum atomic E-state index is 5.40. The summed E-state index contributed by atoms with van der Waals surface area (Å²) in [6.07, 6.45) is 2.12. The molecule has 2 N–H and O–H groups in total. The summed E-state index contributed by atoms with van der Waals surface area (Å²) < 4.78 is 10.8. The van der Waals surface area contributed by atoms with E-state index in [0.717, 1.165) is 62.2 Å². The second kappa shape index (κ2) is 12.1. The first-order valence-electron chi connectivity index (χ1n) is 9.77. The molecule has 0 amide bonds. The first-order chi connectivity index (χ1) is 13.7. The fourth-order valence-corrected chi connectivity index (χ4v) is 3.96. The molecule has 1 aliphatic rings. The molecule has 3 rings (SSSR count). The number of hydrogen-bond donors (Lipinski definition) is 2. The molecule has 1 aliphatic heterocycles. The highest BCUT2D eigenvalue weighted by Crippen LogP contribution is 2.30. The summed E-state index contributed by atoms with van der Waals surface area (Å²) in [6.45, 7) is 5.64. The van der Waals surface area contributed by atoms with Gasteiger partial charge in [0.05, 0.1) is 20.8 Å². The molecule has 0 saturated carbocycles. The van der Waals surface area contributed by atoms with Crippen molar-refractivity contribution in [2.24, 2.45) is 4.99 Å². The Kier molecular flexibility index (Phi) is 9.86. The van der Waals surface area contributed by atoms with Crippen LogP contribution in [0.1, 0.15) is 24.6 Å². The molecule has 1 aromatic carbocycles. The normalized spacial score (nSPS) is 14.9. The number of halogens is 1. The molecule has 160 valence electrons. The molecule has 0 aliphatic carbocycles. The number of nitrogens with zero attached hydrogens (tertiary/aromatic N) is 2. The van der Waals surface area contributed by atoms with E-state index in [1.54, 1.807) is 25.6 Å². The van der Waals surface area contributed by atoms with Gasteiger partial charge in [-0.1, -0.05) is 6.07 Å². The van der Waals surface area contributed by atoms with Crippen molar-refractivity contribution in [3.63, 3.8) is 0 Å². The Balaban J connectivity index is 0.00000300. The molecule has 6 nitrogen and oxygen atoms in total. The quantitative estimate of drug-likeness (QED) is 0.321. The Labute approximate surface area is 194 Å². The molecule has 0 spiro atoms. The molecule has 2 aromatic rings. The fourth-order valence-electron chi connectivity index (χ4n) is 3.33. The summed E-state index contributed by atoms with van der Waals surface area (Å²) in [5.41, 5.74) is 1.15. The molecule has 1 fully saturated rings. The Bertz CT molecular complexity index is 740. The molecule has 0 atom stereocenters. The second-order valence-electron chi connectivity index (χ2n) is 6.75. The topological polar surface area (TPSA) is 58.1 Å². The number of ether oxygens (including phenoxy) is 2. The molecule has 0 unspecified atom stereocenters. The Hall–Kier alpha value is -1.68. The van der Waals surface area contributed by atoms with Crippen molar-refractivity contribution in [3.8, 4) is 11.5 Å². The van der Waals surface area contributed by atoms with Crippen molar-refractivity contribution < 1.29 is 9.47 Å². The lowest BCUT2D eigenvalue weighted by Gasteiger charge is -2.34. The van der Waals surface area contributed by atoms with Crippen LogP contribution in [0.5, 0.6) is 11.5 Å². The van der Waals surface area contributed by atoms with E-state index in [9.17, 15) is 0 Å². The average Bonchev–Trinajstić information content (AvgIpc) is 3.26. The summed E-state index contributed by atoms with van der Waals surface area (Å²) in [4.78, 5) is 8.40. The van der Waals surface area contributed by atoms with Crippen molar-refractivity contribution in [1.82, 2.24) is 10.6 Å². The minimum absolute atomic E-state index is 0. The zero-order chi connectivity index (χ0) is 19.8. The fraction of sp³-hybridized carbons (Fsp3) is 0.476. The predicted molar refractivity (Wildman–Crippen MR) is 132 cm³/mol. The molecule has 0 radical (unpaired) electrons. The molecule has 29 heavy (non-hydrogen) atoms. The van der Waals surface area contributed by atoms with Crippen molar-refractivity contribution in [2.45, 2.75) is 32.4 Å². The summed E-state index contributed by atoms with van der Waals surface area (Å²) in [7, 11) is 3.37. The number of anilines is 1. The lowest BCUT2D eigenvalue weighted by Crippen LogP contribution is -2.48. The van der Waals surface area contributed by atoms with Gasteiger partial charge in [0.1, 0.15) is 11.5 Å². The lowest BCUT2D eigenvalue weighted by molar-refractivity contribution is 0.393. The van der Waals surface area contributed by atoms with E-state index in [0.29, 0.717) is 6.04 Å². The number of aliphatic imine (C=N–C) groups is 1. The van der Waals surface area contributed by atoms with Gasteiger partial charge in [-0.2, -0.15) is 0 Å². The number of rotatable bonds is 7. The average molecular weight is 530 g/mol. The summed E-state index contributed by atoms with van der Waals surface area (Å²) in [5, 5.41) is 9.06. The highest BCUT2D eigenvalue weighted by atomic mass is 127. The molecular weight excluding hydrogens is 499 g/mol. The van der Waals surface area contributed by atoms with Crippen LogP contribution in [0, 0.1) is 0 Å². The largest absolute Gasteiger partial charge is 0.497 e. The zero-order valence-corrected chi connectivity index (χ0v) is 20.5. The third kappa shape index (κ3) is 6.95. The van der Waals surface area contributed by atoms with Gasteiger partial charge in [0.2, 0.25) is 0 Å². The van der Waals surface area contributed by atoms with E-state index < -0.39 is 0 Å². The molecule has 8 heteroatoms. The van der Waals surface area contributed by atoms with Gasteiger partial charge in [-0.3, -0.25) is 0 Å². The first kappa shape index (κ1) is 23.6. The first-order valence-corrected chi connectivity index (χ1v) is 10.6. The van der Waals surface area contributed by atoms with Crippen molar-refractivity contribution in [1.29, 1.82) is 0 Å². The van der Waals surface area contributed by atoms with E-state index in [1.165, 1.54) is 4.88 Å². The van der Waals surface area contributed by atoms with E-state index in [4.69, 9.17) is 14.5 Å². The summed E-state index contributed by atoms with van der Waals surface area (Å²) >= 11 is 1.74. The molecule has 1 saturated heterocycles. The van der Waals surface area contributed by atoms with Crippen molar-refractivity contribution in [3.05, 3.63) is 40.6 Å². The van der Waals surface area contributed by atoms with E-state index in [1.807, 2.05) is 6.07 Å². The van der Waals surface area contributed by atoms with Crippen LogP contribution in [-0.4, -0.2) is 45.9 Å². The Morgan fingerprint density at radius 2 is 1.86 bits per heavy atom. The molecule has 2 heterocycles. The number of methoxy groups -OCH3 is 2. The second-order valence-corrected chi connectivity index (χ2v) is 7.78. The van der Waals surface area contributed by atoms with E-state index in [-0.39, 0.29) is 24.0 Å². The van der Waals surface area contributed by atoms with Crippen molar-refractivity contribution in [2.75, 3.05) is 38.8 Å². The minimum atomic E-state index is 0. The number of piperidine rings is 1. The number of thiophene rings is 1. The van der Waals surface area contributed by atoms with Gasteiger partial charge < -0.3 is 25.0 Å². The van der Waals surface area contributed by atoms with Crippen LogP contribution in [-0.2, 0) is 6.54 Å². The molecular formula is C21H31IN4O2S. The minimum Gasteiger partial charge on any atom is -0.497 e. The smallest absolute Gasteiger partial charge is 0.191 e. The SMILES string of the molecule is CCNC(=NCc1cccs1)NC1CCN(c2cc(OC)cc(OC)c2)CC1.I. The Morgan fingerprint density at radius 3 is 2.41 bits per heavy atom. The van der Waals surface area contributed by atoms with Crippen LogP contribution in [0.3, 0.4) is 0 Å². The monoisotopic (exact) mass is 530 g/mol. The van der Waals surface area contributed by atoms with Crippen LogP contribution in [0.15, 0.2) is 40.7 Å². The molecule has 0 bridgehead atoms. The number of nitrogens with one attached hydrogen (secondary N) is 2. The standard InChI is InChI=1S/C21H30N4O2S.HI/c1-4-22-21(23-15-20-6-5-11-28-20)24-16-7-9-25(10-8-16)17-12-18(26-2)14-19(13-17)27-3;/h5-6,11-14,16H,4,7-10,15H2,1-3H3,(H2,22,23,24);1H. The van der Waals surface area contributed by atoms with Gasteiger partial charge in [-0.05, 0) is 31.2 Å². The zero-order valence-electron chi connectivity index (χ0n) is 17.3. The predicted octanol–water partition coefficient (Wildman–Crippen LogP) is 4.11. The van der Waals surface area contributed by atoms with Crippen LogP contribution >= 0.6 is 35.3 Å². The summed E-state index contributed by atoms with van der Waals surface area (Å²) in [5.74, 6) is 2.55. The summed E-state index contributed by atoms with van der Waals surface area (Å²) in [6, 6.07) is 10.7. The highest BCUT2D eigenvalue weighted by molar-refractivity contribution is 14.0. The number of guanidine groups is 1. The van der Waals surface area contributed by atoms with Crippen molar-refractivity contribution >= 4 is 47.0 Å². The van der Waals surface area contributed by atoms with Gasteiger partial charge >= 0.3 is 0 Å². The third-order valence-electron chi connectivity index (χ3n) is 4.85. The van der Waals surface area contributed by atoms with E-state index >= 15 is 0 Å². The van der Waals surface area contributed by atoms with E-state index in [2.05, 4.69) is 52.1 Å². The van der Waals surface area contributed by atoms with Gasteiger partial charge in [0, 0.05) is 54.4 Å². The van der Waals surface area contributed by atoms with Gasteiger partial charge in [-0.25, -0.2) is 4.99 Å². The lowest BCUT2D eigenvalue weighted by atomic mass is 10.0. The van der Waals surface area contributed by atoms with Crippen LogP contribution in [0.4, 0.5) is 5.69 Å². The maximum absolute atomic E-state index is 5.40. The number of benzene rings is 1. The van der Waals surface area contributed by atoms with Crippen LogP contribution in [0.25, 0.3) is 0 Å². The maximum Gasteiger partial charge on any atom is 0.191 e.